The summed E-state index contributed by atoms with van der Waals surface area (Å²) in [6.45, 7) is 3.61. The van der Waals surface area contributed by atoms with E-state index in [1.165, 1.54) is 0 Å². The maximum atomic E-state index is 12.2. The van der Waals surface area contributed by atoms with Gasteiger partial charge in [-0.3, -0.25) is 4.79 Å². The van der Waals surface area contributed by atoms with E-state index < -0.39 is 39.7 Å². The first kappa shape index (κ1) is 19.8. The van der Waals surface area contributed by atoms with Gasteiger partial charge in [0.25, 0.3) is 0 Å². The lowest BCUT2D eigenvalue weighted by Gasteiger charge is -2.22. The van der Waals surface area contributed by atoms with Gasteiger partial charge in [0.15, 0.2) is 9.84 Å². The smallest absolute Gasteiger partial charge is 0.238 e. The number of amides is 1. The molecule has 1 unspecified atom stereocenters. The topological polar surface area (TPSA) is 148 Å². The average Bonchev–Trinajstić information content (AvgIpc) is 3.22. The van der Waals surface area contributed by atoms with Crippen molar-refractivity contribution in [1.82, 2.24) is 15.5 Å². The highest BCUT2D eigenvalue weighted by molar-refractivity contribution is 7.91. The molecule has 0 aromatic carbocycles. The number of nitrogens with one attached hydrogen (secondary N) is 1. The molecule has 25 heavy (non-hydrogen) atoms. The molecule has 142 valence electrons. The van der Waals surface area contributed by atoms with Crippen LogP contribution in [0.1, 0.15) is 50.9 Å². The first-order chi connectivity index (χ1) is 11.8. The molecule has 1 aromatic rings. The van der Waals surface area contributed by atoms with Crippen molar-refractivity contribution in [2.24, 2.45) is 11.7 Å². The second kappa shape index (κ2) is 8.24. The van der Waals surface area contributed by atoms with Gasteiger partial charge >= 0.3 is 0 Å². The highest BCUT2D eigenvalue weighted by atomic mass is 32.2. The molecular formula is C15H26N4O5S. The Kier molecular flexibility index (Phi) is 6.53. The van der Waals surface area contributed by atoms with E-state index in [0.29, 0.717) is 18.7 Å². The summed E-state index contributed by atoms with van der Waals surface area (Å²) in [6.07, 6.45) is 1.59. The van der Waals surface area contributed by atoms with Crippen LogP contribution >= 0.6 is 0 Å². The lowest BCUT2D eigenvalue weighted by molar-refractivity contribution is -0.123. The van der Waals surface area contributed by atoms with Crippen molar-refractivity contribution in [2.75, 3.05) is 11.5 Å². The molecule has 1 aromatic heterocycles. The number of nitrogens with two attached hydrogens (primary N) is 1. The molecule has 0 bridgehead atoms. The van der Waals surface area contributed by atoms with Crippen LogP contribution in [-0.2, 0) is 21.1 Å². The Balaban J connectivity index is 1.93. The third-order valence-corrected chi connectivity index (χ3v) is 6.00. The molecule has 1 amide bonds. The number of carbonyl (C=O) groups is 1. The molecule has 1 saturated carbocycles. The quantitative estimate of drug-likeness (QED) is 0.506. The fourth-order valence-electron chi connectivity index (χ4n) is 2.47. The Bertz CT molecular complexity index is 686. The lowest BCUT2D eigenvalue weighted by Crippen LogP contribution is -2.50. The summed E-state index contributed by atoms with van der Waals surface area (Å²) in [5, 5.41) is 16.6. The number of sulfone groups is 1. The first-order valence-corrected chi connectivity index (χ1v) is 10.3. The molecule has 1 heterocycles. The van der Waals surface area contributed by atoms with Gasteiger partial charge in [-0.25, -0.2) is 8.42 Å². The minimum Gasteiger partial charge on any atom is -0.383 e. The summed E-state index contributed by atoms with van der Waals surface area (Å²) < 4.78 is 29.0. The number of nitrogens with zero attached hydrogens (tertiary/aromatic N) is 2. The Morgan fingerprint density at radius 3 is 2.64 bits per heavy atom. The van der Waals surface area contributed by atoms with Crippen molar-refractivity contribution in [3.8, 4) is 0 Å². The number of aromatic nitrogens is 2. The van der Waals surface area contributed by atoms with Gasteiger partial charge in [0.05, 0.1) is 23.6 Å². The monoisotopic (exact) mass is 374 g/mol. The molecule has 2 rings (SSSR count). The number of carbonyl (C=O) groups excluding carboxylic acids is 1. The number of aryl methyl sites for hydroxylation is 1. The minimum atomic E-state index is -3.37. The molecule has 0 aliphatic heterocycles. The predicted molar refractivity (Wildman–Crippen MR) is 90.2 cm³/mol. The fraction of sp³-hybridized carbons (Fsp3) is 0.800. The van der Waals surface area contributed by atoms with Crippen molar-refractivity contribution in [1.29, 1.82) is 0 Å². The SMILES string of the molecule is CCc1nc([C@@H](O)[C@@H](CC)NC(=O)C(N)CS(=O)(=O)CC2CC2)no1. The second-order valence-electron chi connectivity index (χ2n) is 6.49. The Hall–Kier alpha value is -1.52. The minimum absolute atomic E-state index is 0.0798. The zero-order valence-corrected chi connectivity index (χ0v) is 15.3. The summed E-state index contributed by atoms with van der Waals surface area (Å²) in [4.78, 5) is 16.3. The van der Waals surface area contributed by atoms with Crippen LogP contribution in [-0.4, -0.2) is 53.2 Å². The van der Waals surface area contributed by atoms with Gasteiger partial charge < -0.3 is 20.7 Å². The second-order valence-corrected chi connectivity index (χ2v) is 8.65. The fourth-order valence-corrected chi connectivity index (χ4v) is 4.35. The van der Waals surface area contributed by atoms with Gasteiger partial charge in [-0.05, 0) is 25.2 Å². The maximum Gasteiger partial charge on any atom is 0.238 e. The molecule has 0 radical (unpaired) electrons. The molecule has 1 aliphatic rings. The summed E-state index contributed by atoms with van der Waals surface area (Å²) in [5.74, 6) is -0.265. The highest BCUT2D eigenvalue weighted by Gasteiger charge is 2.32. The third-order valence-electron chi connectivity index (χ3n) is 4.16. The van der Waals surface area contributed by atoms with Crippen LogP contribution in [0.3, 0.4) is 0 Å². The average molecular weight is 374 g/mol. The normalized spacial score (nSPS) is 18.6. The van der Waals surface area contributed by atoms with E-state index >= 15 is 0 Å². The highest BCUT2D eigenvalue weighted by Crippen LogP contribution is 2.30. The summed E-state index contributed by atoms with van der Waals surface area (Å²) in [7, 11) is -3.37. The van der Waals surface area contributed by atoms with Crippen LogP contribution in [0.5, 0.6) is 0 Å². The van der Waals surface area contributed by atoms with E-state index in [-0.39, 0.29) is 17.5 Å². The van der Waals surface area contributed by atoms with Crippen molar-refractivity contribution >= 4 is 15.7 Å². The van der Waals surface area contributed by atoms with Crippen LogP contribution in [0.2, 0.25) is 0 Å². The summed E-state index contributed by atoms with van der Waals surface area (Å²) in [5.41, 5.74) is 5.74. The van der Waals surface area contributed by atoms with Gasteiger partial charge in [0.1, 0.15) is 6.10 Å². The number of aliphatic hydroxyl groups is 1. The van der Waals surface area contributed by atoms with Gasteiger partial charge in [-0.1, -0.05) is 19.0 Å². The molecule has 9 nitrogen and oxygen atoms in total. The van der Waals surface area contributed by atoms with E-state index in [0.717, 1.165) is 12.8 Å². The largest absolute Gasteiger partial charge is 0.383 e. The molecular weight excluding hydrogens is 348 g/mol. The molecule has 0 saturated heterocycles. The van der Waals surface area contributed by atoms with Crippen molar-refractivity contribution in [2.45, 2.75) is 57.7 Å². The molecule has 0 spiro atoms. The van der Waals surface area contributed by atoms with E-state index in [2.05, 4.69) is 15.5 Å². The summed E-state index contributed by atoms with van der Waals surface area (Å²) >= 11 is 0. The molecule has 3 atom stereocenters. The lowest BCUT2D eigenvalue weighted by atomic mass is 10.1. The van der Waals surface area contributed by atoms with Gasteiger partial charge in [0.2, 0.25) is 17.6 Å². The van der Waals surface area contributed by atoms with Gasteiger partial charge in [-0.2, -0.15) is 4.98 Å². The first-order valence-electron chi connectivity index (χ1n) is 8.52. The number of aliphatic hydroxyl groups excluding tert-OH is 1. The van der Waals surface area contributed by atoms with Crippen LogP contribution in [0.15, 0.2) is 4.52 Å². The summed E-state index contributed by atoms with van der Waals surface area (Å²) in [6, 6.07) is -1.87. The van der Waals surface area contributed by atoms with Crippen LogP contribution in [0.25, 0.3) is 0 Å². The predicted octanol–water partition coefficient (Wildman–Crippen LogP) is -0.288. The van der Waals surface area contributed by atoms with Gasteiger partial charge in [-0.15, -0.1) is 0 Å². The Morgan fingerprint density at radius 1 is 1.44 bits per heavy atom. The maximum absolute atomic E-state index is 12.2. The number of hydrogen-bond acceptors (Lipinski definition) is 8. The molecule has 4 N–H and O–H groups in total. The van der Waals surface area contributed by atoms with Crippen LogP contribution in [0.4, 0.5) is 0 Å². The van der Waals surface area contributed by atoms with Crippen molar-refractivity contribution in [3.05, 3.63) is 11.7 Å². The van der Waals surface area contributed by atoms with E-state index in [9.17, 15) is 18.3 Å². The standard InChI is InChI=1S/C15H26N4O5S/c1-3-11(13(20)14-18-12(4-2)24-19-14)17-15(21)10(16)8-25(22,23)7-9-5-6-9/h9-11,13,20H,3-8,16H2,1-2H3,(H,17,21)/t10?,11-,13+/m1/s1. The van der Waals surface area contributed by atoms with E-state index in [1.54, 1.807) is 6.92 Å². The van der Waals surface area contributed by atoms with Gasteiger partial charge in [0, 0.05) is 6.42 Å². The van der Waals surface area contributed by atoms with Crippen molar-refractivity contribution in [3.63, 3.8) is 0 Å². The Morgan fingerprint density at radius 2 is 2.12 bits per heavy atom. The number of hydrogen-bond donors (Lipinski definition) is 3. The zero-order valence-electron chi connectivity index (χ0n) is 14.5. The van der Waals surface area contributed by atoms with E-state index in [4.69, 9.17) is 10.3 Å². The Labute approximate surface area is 147 Å². The third kappa shape index (κ3) is 5.75. The van der Waals surface area contributed by atoms with Crippen LogP contribution in [0, 0.1) is 5.92 Å². The van der Waals surface area contributed by atoms with E-state index in [1.807, 2.05) is 6.92 Å². The molecule has 1 fully saturated rings. The molecule has 1 aliphatic carbocycles. The number of rotatable bonds is 10. The zero-order chi connectivity index (χ0) is 18.6. The van der Waals surface area contributed by atoms with Crippen molar-refractivity contribution < 1.29 is 22.8 Å². The molecule has 10 heteroatoms. The van der Waals surface area contributed by atoms with Crippen LogP contribution < -0.4 is 11.1 Å².